The van der Waals surface area contributed by atoms with Crippen LogP contribution in [0.1, 0.15) is 48.9 Å². The molecule has 0 N–H and O–H groups in total. The first-order valence-electron chi connectivity index (χ1n) is 10.0. The molecule has 2 aliphatic rings. The molecule has 0 radical (unpaired) electrons. The summed E-state index contributed by atoms with van der Waals surface area (Å²) in [6, 6.07) is 8.47. The third-order valence-corrected chi connectivity index (χ3v) is 7.41. The van der Waals surface area contributed by atoms with Gasteiger partial charge in [-0.3, -0.25) is 4.90 Å². The predicted octanol–water partition coefficient (Wildman–Crippen LogP) is 4.59. The van der Waals surface area contributed by atoms with Crippen molar-refractivity contribution in [2.24, 2.45) is 0 Å². The van der Waals surface area contributed by atoms with Gasteiger partial charge in [0.25, 0.3) is 0 Å². The predicted molar refractivity (Wildman–Crippen MR) is 112 cm³/mol. The number of para-hydroxylation sites is 1. The third-order valence-electron chi connectivity index (χ3n) is 5.78. The van der Waals surface area contributed by atoms with Crippen molar-refractivity contribution in [1.82, 2.24) is 24.2 Å². The van der Waals surface area contributed by atoms with Crippen LogP contribution in [0, 0.1) is 4.77 Å². The molecule has 1 saturated heterocycles. The summed E-state index contributed by atoms with van der Waals surface area (Å²) in [5.41, 5.74) is 1.13. The highest BCUT2D eigenvalue weighted by Crippen LogP contribution is 2.33. The van der Waals surface area contributed by atoms with Crippen LogP contribution in [0.4, 0.5) is 0 Å². The number of hydrogen-bond donors (Lipinski definition) is 0. The molecule has 0 saturated carbocycles. The fourth-order valence-electron chi connectivity index (χ4n) is 4.36. The minimum atomic E-state index is 0.519. The number of benzene rings is 1. The Morgan fingerprint density at radius 1 is 1.11 bits per heavy atom. The van der Waals surface area contributed by atoms with E-state index in [0.29, 0.717) is 5.92 Å². The van der Waals surface area contributed by atoms with E-state index in [1.165, 1.54) is 47.6 Å². The van der Waals surface area contributed by atoms with E-state index in [1.807, 2.05) is 11.3 Å². The normalized spacial score (nSPS) is 21.3. The van der Waals surface area contributed by atoms with Crippen LogP contribution in [0.3, 0.4) is 0 Å². The molecule has 7 heteroatoms. The zero-order valence-electron chi connectivity index (χ0n) is 15.5. The summed E-state index contributed by atoms with van der Waals surface area (Å²) < 4.78 is 6.51. The van der Waals surface area contributed by atoms with Gasteiger partial charge in [0.2, 0.25) is 0 Å². The fraction of sp³-hybridized carbons (Fsp3) is 0.550. The van der Waals surface area contributed by atoms with Crippen molar-refractivity contribution >= 4 is 33.8 Å². The van der Waals surface area contributed by atoms with Crippen LogP contribution in [0.5, 0.6) is 0 Å². The first-order valence-corrected chi connectivity index (χ1v) is 11.2. The molecule has 2 aliphatic heterocycles. The summed E-state index contributed by atoms with van der Waals surface area (Å²) in [5, 5.41) is 6.14. The van der Waals surface area contributed by atoms with Gasteiger partial charge in [-0.1, -0.05) is 18.6 Å². The van der Waals surface area contributed by atoms with E-state index in [9.17, 15) is 0 Å². The van der Waals surface area contributed by atoms with E-state index < -0.39 is 0 Å². The molecule has 0 spiro atoms. The number of piperidine rings is 1. The van der Waals surface area contributed by atoms with Gasteiger partial charge in [0.1, 0.15) is 5.82 Å². The quantitative estimate of drug-likeness (QED) is 0.604. The molecule has 0 bridgehead atoms. The van der Waals surface area contributed by atoms with Crippen LogP contribution >= 0.6 is 23.6 Å². The minimum Gasteiger partial charge on any atom is -0.304 e. The van der Waals surface area contributed by atoms with Crippen LogP contribution in [0.2, 0.25) is 0 Å². The Bertz CT molecular complexity index is 968. The van der Waals surface area contributed by atoms with E-state index in [0.717, 1.165) is 43.0 Å². The van der Waals surface area contributed by atoms with Crippen LogP contribution < -0.4 is 0 Å². The highest BCUT2D eigenvalue weighted by Gasteiger charge is 2.25. The van der Waals surface area contributed by atoms with Crippen LogP contribution in [-0.4, -0.2) is 37.3 Å². The lowest BCUT2D eigenvalue weighted by Gasteiger charge is -2.31. The standard InChI is InChI=1S/C20H25N5S2/c26-20-24-12-5-1-2-10-18(24)22-25(20)14-23-11-6-7-15(13-23)19-21-16-8-3-4-9-17(16)27-19/h3-4,8-9,15H,1-2,5-7,10-14H2/t15-/m1/s1. The SMILES string of the molecule is S=c1n(CN2CCC[C@@H](c3nc4ccccc4s3)C2)nc2n1CCCCC2. The summed E-state index contributed by atoms with van der Waals surface area (Å²) in [5.74, 6) is 1.70. The Hall–Kier alpha value is -1.57. The molecule has 0 aliphatic carbocycles. The summed E-state index contributed by atoms with van der Waals surface area (Å²) in [6.07, 6.45) is 7.23. The van der Waals surface area contributed by atoms with E-state index in [1.54, 1.807) is 0 Å². The second kappa shape index (κ2) is 7.45. The van der Waals surface area contributed by atoms with Crippen LogP contribution in [0.25, 0.3) is 10.2 Å². The summed E-state index contributed by atoms with van der Waals surface area (Å²) in [4.78, 5) is 7.41. The zero-order valence-corrected chi connectivity index (χ0v) is 17.1. The van der Waals surface area contributed by atoms with Gasteiger partial charge >= 0.3 is 0 Å². The topological polar surface area (TPSA) is 38.9 Å². The minimum absolute atomic E-state index is 0.519. The second-order valence-corrected chi connectivity index (χ2v) is 9.17. The average molecular weight is 400 g/mol. The lowest BCUT2D eigenvalue weighted by Crippen LogP contribution is -2.36. The van der Waals surface area contributed by atoms with Crippen molar-refractivity contribution in [2.75, 3.05) is 13.1 Å². The molecule has 1 fully saturated rings. The molecule has 3 aromatic rings. The number of nitrogens with zero attached hydrogens (tertiary/aromatic N) is 5. The zero-order chi connectivity index (χ0) is 18.2. The molecule has 27 heavy (non-hydrogen) atoms. The summed E-state index contributed by atoms with van der Waals surface area (Å²) in [7, 11) is 0. The Kier molecular flexibility index (Phi) is 4.83. The highest BCUT2D eigenvalue weighted by atomic mass is 32.1. The number of likely N-dealkylation sites (tertiary alicyclic amines) is 1. The first kappa shape index (κ1) is 17.5. The van der Waals surface area contributed by atoms with Crippen LogP contribution in [0.15, 0.2) is 24.3 Å². The van der Waals surface area contributed by atoms with E-state index in [2.05, 4.69) is 38.4 Å². The molecule has 0 unspecified atom stereocenters. The van der Waals surface area contributed by atoms with Crippen molar-refractivity contribution in [3.63, 3.8) is 0 Å². The number of thiazole rings is 1. The maximum atomic E-state index is 5.73. The Morgan fingerprint density at radius 2 is 2.04 bits per heavy atom. The number of rotatable bonds is 3. The molecule has 5 rings (SSSR count). The third kappa shape index (κ3) is 3.48. The molecule has 5 nitrogen and oxygen atoms in total. The number of aromatic nitrogens is 4. The van der Waals surface area contributed by atoms with Crippen molar-refractivity contribution in [2.45, 2.75) is 57.7 Å². The van der Waals surface area contributed by atoms with Crippen molar-refractivity contribution in [3.05, 3.63) is 39.9 Å². The van der Waals surface area contributed by atoms with Crippen molar-refractivity contribution in [1.29, 1.82) is 0 Å². The van der Waals surface area contributed by atoms with E-state index >= 15 is 0 Å². The molecule has 142 valence electrons. The molecular weight excluding hydrogens is 374 g/mol. The lowest BCUT2D eigenvalue weighted by atomic mass is 9.99. The smallest absolute Gasteiger partial charge is 0.199 e. The molecule has 1 aromatic carbocycles. The van der Waals surface area contributed by atoms with Gasteiger partial charge in [-0.05, 0) is 56.6 Å². The van der Waals surface area contributed by atoms with Gasteiger partial charge < -0.3 is 4.57 Å². The van der Waals surface area contributed by atoms with Crippen molar-refractivity contribution < 1.29 is 0 Å². The molecule has 1 atom stereocenters. The van der Waals surface area contributed by atoms with Crippen LogP contribution in [-0.2, 0) is 19.6 Å². The monoisotopic (exact) mass is 399 g/mol. The molecular formula is C20H25N5S2. The maximum Gasteiger partial charge on any atom is 0.199 e. The molecule has 4 heterocycles. The van der Waals surface area contributed by atoms with Gasteiger partial charge in [0.05, 0.1) is 21.9 Å². The fourth-order valence-corrected chi connectivity index (χ4v) is 5.75. The average Bonchev–Trinajstić information content (AvgIpc) is 3.15. The van der Waals surface area contributed by atoms with E-state index in [4.69, 9.17) is 22.3 Å². The Morgan fingerprint density at radius 3 is 2.96 bits per heavy atom. The van der Waals surface area contributed by atoms with Gasteiger partial charge in [0, 0.05) is 25.4 Å². The van der Waals surface area contributed by atoms with E-state index in [-0.39, 0.29) is 0 Å². The van der Waals surface area contributed by atoms with Gasteiger partial charge in [0.15, 0.2) is 4.77 Å². The van der Waals surface area contributed by atoms with Crippen molar-refractivity contribution in [3.8, 4) is 0 Å². The number of hydrogen-bond acceptors (Lipinski definition) is 5. The molecule has 0 amide bonds. The Labute approximate surface area is 168 Å². The second-order valence-electron chi connectivity index (χ2n) is 7.74. The lowest BCUT2D eigenvalue weighted by molar-refractivity contribution is 0.156. The highest BCUT2D eigenvalue weighted by molar-refractivity contribution is 7.71. The summed E-state index contributed by atoms with van der Waals surface area (Å²) >= 11 is 7.59. The summed E-state index contributed by atoms with van der Waals surface area (Å²) in [6.45, 7) is 4.00. The van der Waals surface area contributed by atoms with Gasteiger partial charge in [-0.2, -0.15) is 5.10 Å². The van der Waals surface area contributed by atoms with Gasteiger partial charge in [-0.15, -0.1) is 11.3 Å². The largest absolute Gasteiger partial charge is 0.304 e. The Balaban J connectivity index is 1.33. The van der Waals surface area contributed by atoms with Gasteiger partial charge in [-0.25, -0.2) is 9.67 Å². The number of aryl methyl sites for hydroxylation is 1. The molecule has 2 aromatic heterocycles. The number of fused-ring (bicyclic) bond motifs is 2. The first-order chi connectivity index (χ1) is 13.3. The maximum absolute atomic E-state index is 5.73.